The smallest absolute Gasteiger partial charge is 0.128 e. The van der Waals surface area contributed by atoms with E-state index in [1.807, 2.05) is 0 Å². The molecule has 2 aromatic rings. The Kier molecular flexibility index (Phi) is 3.01. The molecule has 2 rings (SSSR count). The standard InChI is InChI=1S/C12H11F2NO/c13-8-3-4-11(14)10(6-8)12(15)7-9-2-1-5-16-9/h1-6,12H,7,15H2. The second-order valence-electron chi connectivity index (χ2n) is 3.56. The Morgan fingerprint density at radius 3 is 2.75 bits per heavy atom. The molecule has 0 aliphatic heterocycles. The van der Waals surface area contributed by atoms with Gasteiger partial charge in [0.1, 0.15) is 17.4 Å². The molecule has 16 heavy (non-hydrogen) atoms. The molecule has 1 unspecified atom stereocenters. The molecule has 0 aliphatic carbocycles. The molecule has 0 fully saturated rings. The summed E-state index contributed by atoms with van der Waals surface area (Å²) in [5, 5.41) is 0. The van der Waals surface area contributed by atoms with E-state index in [9.17, 15) is 8.78 Å². The molecule has 1 aromatic carbocycles. The van der Waals surface area contributed by atoms with Gasteiger partial charge in [-0.05, 0) is 30.3 Å². The predicted molar refractivity (Wildman–Crippen MR) is 55.7 cm³/mol. The quantitative estimate of drug-likeness (QED) is 0.868. The van der Waals surface area contributed by atoms with E-state index in [1.165, 1.54) is 6.26 Å². The fourth-order valence-corrected chi connectivity index (χ4v) is 1.55. The van der Waals surface area contributed by atoms with Crippen LogP contribution < -0.4 is 5.73 Å². The van der Waals surface area contributed by atoms with Gasteiger partial charge in [0.05, 0.1) is 6.26 Å². The average molecular weight is 223 g/mol. The van der Waals surface area contributed by atoms with Gasteiger partial charge in [-0.15, -0.1) is 0 Å². The first-order valence-corrected chi connectivity index (χ1v) is 4.89. The van der Waals surface area contributed by atoms with Crippen molar-refractivity contribution in [1.29, 1.82) is 0 Å². The zero-order chi connectivity index (χ0) is 11.5. The van der Waals surface area contributed by atoms with Gasteiger partial charge in [-0.2, -0.15) is 0 Å². The van der Waals surface area contributed by atoms with E-state index >= 15 is 0 Å². The fourth-order valence-electron chi connectivity index (χ4n) is 1.55. The molecule has 0 bridgehead atoms. The van der Waals surface area contributed by atoms with Crippen molar-refractivity contribution in [2.24, 2.45) is 5.73 Å². The Labute approximate surface area is 91.7 Å². The summed E-state index contributed by atoms with van der Waals surface area (Å²) >= 11 is 0. The fraction of sp³-hybridized carbons (Fsp3) is 0.167. The van der Waals surface area contributed by atoms with E-state index in [-0.39, 0.29) is 5.56 Å². The van der Waals surface area contributed by atoms with E-state index in [1.54, 1.807) is 12.1 Å². The largest absolute Gasteiger partial charge is 0.469 e. The van der Waals surface area contributed by atoms with Crippen molar-refractivity contribution in [2.75, 3.05) is 0 Å². The SMILES string of the molecule is NC(Cc1ccco1)c1cc(F)ccc1F. The maximum absolute atomic E-state index is 13.4. The molecule has 84 valence electrons. The van der Waals surface area contributed by atoms with E-state index in [0.717, 1.165) is 18.2 Å². The highest BCUT2D eigenvalue weighted by Gasteiger charge is 2.14. The van der Waals surface area contributed by atoms with E-state index in [4.69, 9.17) is 10.2 Å². The first-order valence-electron chi connectivity index (χ1n) is 4.89. The number of nitrogens with two attached hydrogens (primary N) is 1. The van der Waals surface area contributed by atoms with Crippen molar-refractivity contribution >= 4 is 0 Å². The summed E-state index contributed by atoms with van der Waals surface area (Å²) in [6.45, 7) is 0. The van der Waals surface area contributed by atoms with Crippen LogP contribution in [-0.2, 0) is 6.42 Å². The minimum atomic E-state index is -0.609. The lowest BCUT2D eigenvalue weighted by atomic mass is 10.0. The summed E-state index contributed by atoms with van der Waals surface area (Å²) in [6, 6.07) is 6.12. The highest BCUT2D eigenvalue weighted by atomic mass is 19.1. The van der Waals surface area contributed by atoms with Gasteiger partial charge in [0.25, 0.3) is 0 Å². The van der Waals surface area contributed by atoms with Gasteiger partial charge in [0.2, 0.25) is 0 Å². The van der Waals surface area contributed by atoms with Crippen LogP contribution in [0.3, 0.4) is 0 Å². The molecule has 0 spiro atoms. The summed E-state index contributed by atoms with van der Waals surface area (Å²) in [5.41, 5.74) is 5.95. The van der Waals surface area contributed by atoms with Gasteiger partial charge < -0.3 is 10.2 Å². The number of benzene rings is 1. The van der Waals surface area contributed by atoms with Crippen molar-refractivity contribution in [3.63, 3.8) is 0 Å². The minimum Gasteiger partial charge on any atom is -0.469 e. The second-order valence-corrected chi connectivity index (χ2v) is 3.56. The zero-order valence-corrected chi connectivity index (χ0v) is 8.49. The van der Waals surface area contributed by atoms with Crippen molar-refractivity contribution in [1.82, 2.24) is 0 Å². The Morgan fingerprint density at radius 2 is 2.06 bits per heavy atom. The van der Waals surface area contributed by atoms with Gasteiger partial charge in [0, 0.05) is 18.0 Å². The molecule has 1 heterocycles. The molecule has 1 atom stereocenters. The van der Waals surface area contributed by atoms with E-state index in [0.29, 0.717) is 12.2 Å². The molecule has 0 saturated heterocycles. The molecule has 1 aromatic heterocycles. The van der Waals surface area contributed by atoms with Crippen molar-refractivity contribution < 1.29 is 13.2 Å². The van der Waals surface area contributed by atoms with Crippen LogP contribution in [0, 0.1) is 11.6 Å². The predicted octanol–water partition coefficient (Wildman–Crippen LogP) is 2.80. The molecule has 4 heteroatoms. The lowest BCUT2D eigenvalue weighted by molar-refractivity contribution is 0.479. The third kappa shape index (κ3) is 2.28. The number of halogens is 2. The number of hydrogen-bond donors (Lipinski definition) is 1. The Morgan fingerprint density at radius 1 is 1.25 bits per heavy atom. The molecule has 0 amide bonds. The van der Waals surface area contributed by atoms with Crippen LogP contribution in [0.5, 0.6) is 0 Å². The van der Waals surface area contributed by atoms with Gasteiger partial charge >= 0.3 is 0 Å². The molecular weight excluding hydrogens is 212 g/mol. The molecular formula is C12H11F2NO. The average Bonchev–Trinajstić information content (AvgIpc) is 2.74. The number of rotatable bonds is 3. The van der Waals surface area contributed by atoms with Crippen molar-refractivity contribution in [2.45, 2.75) is 12.5 Å². The Balaban J connectivity index is 2.20. The minimum absolute atomic E-state index is 0.163. The first-order chi connectivity index (χ1) is 7.66. The lowest BCUT2D eigenvalue weighted by Gasteiger charge is -2.11. The Hall–Kier alpha value is -1.68. The van der Waals surface area contributed by atoms with Gasteiger partial charge in [-0.1, -0.05) is 0 Å². The highest BCUT2D eigenvalue weighted by molar-refractivity contribution is 5.23. The highest BCUT2D eigenvalue weighted by Crippen LogP contribution is 2.20. The summed E-state index contributed by atoms with van der Waals surface area (Å²) < 4.78 is 31.4. The second kappa shape index (κ2) is 4.45. The van der Waals surface area contributed by atoms with E-state index in [2.05, 4.69) is 0 Å². The van der Waals surface area contributed by atoms with Crippen LogP contribution in [0.4, 0.5) is 8.78 Å². The van der Waals surface area contributed by atoms with Gasteiger partial charge in [-0.25, -0.2) is 8.78 Å². The molecule has 0 aliphatic rings. The van der Waals surface area contributed by atoms with Crippen molar-refractivity contribution in [3.8, 4) is 0 Å². The van der Waals surface area contributed by atoms with Crippen LogP contribution >= 0.6 is 0 Å². The van der Waals surface area contributed by atoms with Crippen molar-refractivity contribution in [3.05, 3.63) is 59.6 Å². The van der Waals surface area contributed by atoms with Crippen LogP contribution in [0.15, 0.2) is 41.0 Å². The molecule has 2 nitrogen and oxygen atoms in total. The maximum atomic E-state index is 13.4. The normalized spacial score (nSPS) is 12.7. The van der Waals surface area contributed by atoms with Crippen LogP contribution in [0.25, 0.3) is 0 Å². The zero-order valence-electron chi connectivity index (χ0n) is 8.49. The first kappa shape index (κ1) is 10.8. The number of furan rings is 1. The molecule has 2 N–H and O–H groups in total. The lowest BCUT2D eigenvalue weighted by Crippen LogP contribution is -2.15. The summed E-state index contributed by atoms with van der Waals surface area (Å²) in [6.07, 6.45) is 1.86. The molecule has 0 radical (unpaired) electrons. The maximum Gasteiger partial charge on any atom is 0.128 e. The third-order valence-corrected chi connectivity index (χ3v) is 2.36. The Bertz CT molecular complexity index is 468. The van der Waals surface area contributed by atoms with E-state index < -0.39 is 17.7 Å². The summed E-state index contributed by atoms with van der Waals surface area (Å²) in [7, 11) is 0. The van der Waals surface area contributed by atoms with Gasteiger partial charge in [-0.3, -0.25) is 0 Å². The summed E-state index contributed by atoms with van der Waals surface area (Å²) in [4.78, 5) is 0. The summed E-state index contributed by atoms with van der Waals surface area (Å²) in [5.74, 6) is -0.345. The van der Waals surface area contributed by atoms with Crippen LogP contribution in [0.1, 0.15) is 17.4 Å². The van der Waals surface area contributed by atoms with Crippen LogP contribution in [-0.4, -0.2) is 0 Å². The number of hydrogen-bond acceptors (Lipinski definition) is 2. The monoisotopic (exact) mass is 223 g/mol. The topological polar surface area (TPSA) is 39.2 Å². The molecule has 0 saturated carbocycles. The van der Waals surface area contributed by atoms with Gasteiger partial charge in [0.15, 0.2) is 0 Å². The third-order valence-electron chi connectivity index (χ3n) is 2.36. The van der Waals surface area contributed by atoms with Crippen LogP contribution in [0.2, 0.25) is 0 Å².